The Morgan fingerprint density at radius 3 is 1.39 bits per heavy atom. The number of rotatable bonds is 16. The zero-order valence-corrected chi connectivity index (χ0v) is 25.2. The van der Waals surface area contributed by atoms with Crippen LogP contribution >= 0.6 is 0 Å². The summed E-state index contributed by atoms with van der Waals surface area (Å²) in [6.45, 7) is 1.71. The van der Waals surface area contributed by atoms with Crippen molar-refractivity contribution >= 4 is 11.9 Å². The average molecular weight is 627 g/mol. The predicted octanol–water partition coefficient (Wildman–Crippen LogP) is 3.90. The number of esters is 2. The highest BCUT2D eigenvalue weighted by atomic mass is 16.5. The summed E-state index contributed by atoms with van der Waals surface area (Å²) in [6, 6.07) is 27.8. The number of phenolic OH excluding ortho intramolecular Hbond substituents is 2. The summed E-state index contributed by atoms with van der Waals surface area (Å²) < 4.78 is 10.4. The van der Waals surface area contributed by atoms with Gasteiger partial charge in [-0.3, -0.25) is 0 Å². The summed E-state index contributed by atoms with van der Waals surface area (Å²) in [5.41, 5.74) is 3.01. The largest absolute Gasteiger partial charge is 0.508 e. The Bertz CT molecular complexity index is 1480. The van der Waals surface area contributed by atoms with Crippen LogP contribution in [0.25, 0.3) is 0 Å². The minimum atomic E-state index is -0.971. The summed E-state index contributed by atoms with van der Waals surface area (Å²) in [5.74, 6) is -2.30. The van der Waals surface area contributed by atoms with Crippen molar-refractivity contribution < 1.29 is 39.5 Å². The van der Waals surface area contributed by atoms with Gasteiger partial charge < -0.3 is 40.5 Å². The molecule has 10 heteroatoms. The van der Waals surface area contributed by atoms with Crippen molar-refractivity contribution in [3.63, 3.8) is 0 Å². The van der Waals surface area contributed by atoms with Crippen LogP contribution in [-0.4, -0.2) is 58.5 Å². The summed E-state index contributed by atoms with van der Waals surface area (Å²) >= 11 is 0. The standard InChI is InChI=1S/C36H38N2O8/c39-29-17-27(33(41)23-37-15-13-25-7-3-1-4-8-25)19-31(21-29)45-35(43)11-12-36(44)46-32-20-28(18-30(40)22-32)34(42)24-38-16-14-26-9-5-2-6-10-26/h1-12,17-22,33-34,37-42H,13-16,23-24H2/b12-11+/t33-,34-/m1/s1. The van der Waals surface area contributed by atoms with Gasteiger partial charge in [-0.15, -0.1) is 0 Å². The van der Waals surface area contributed by atoms with Crippen LogP contribution in [0.5, 0.6) is 23.0 Å². The first kappa shape index (κ1) is 33.9. The molecule has 0 spiro atoms. The Labute approximate surface area is 267 Å². The number of hydrogen-bond acceptors (Lipinski definition) is 10. The fourth-order valence-electron chi connectivity index (χ4n) is 4.62. The fraction of sp³-hybridized carbons (Fsp3) is 0.222. The maximum absolute atomic E-state index is 12.4. The van der Waals surface area contributed by atoms with E-state index < -0.39 is 24.1 Å². The van der Waals surface area contributed by atoms with Crippen LogP contribution in [0, 0.1) is 0 Å². The number of nitrogens with one attached hydrogen (secondary N) is 2. The van der Waals surface area contributed by atoms with Crippen LogP contribution in [0.2, 0.25) is 0 Å². The van der Waals surface area contributed by atoms with Gasteiger partial charge in [0.15, 0.2) is 0 Å². The Morgan fingerprint density at radius 1 is 0.609 bits per heavy atom. The molecule has 0 aliphatic heterocycles. The maximum atomic E-state index is 12.4. The van der Waals surface area contributed by atoms with Crippen LogP contribution in [0.4, 0.5) is 0 Å². The summed E-state index contributed by atoms with van der Waals surface area (Å²) in [7, 11) is 0. The highest BCUT2D eigenvalue weighted by Crippen LogP contribution is 2.27. The minimum Gasteiger partial charge on any atom is -0.508 e. The highest BCUT2D eigenvalue weighted by Gasteiger charge is 2.14. The summed E-state index contributed by atoms with van der Waals surface area (Å²) in [4.78, 5) is 24.7. The molecule has 240 valence electrons. The zero-order chi connectivity index (χ0) is 32.7. The Kier molecular flexibility index (Phi) is 12.9. The van der Waals surface area contributed by atoms with E-state index in [1.165, 1.54) is 36.4 Å². The fourth-order valence-corrected chi connectivity index (χ4v) is 4.62. The van der Waals surface area contributed by atoms with Gasteiger partial charge in [-0.2, -0.15) is 0 Å². The lowest BCUT2D eigenvalue weighted by Gasteiger charge is -2.14. The van der Waals surface area contributed by atoms with E-state index in [4.69, 9.17) is 9.47 Å². The summed E-state index contributed by atoms with van der Waals surface area (Å²) in [6.07, 6.45) is 1.33. The van der Waals surface area contributed by atoms with Gasteiger partial charge in [0.2, 0.25) is 0 Å². The number of carbonyl (C=O) groups excluding carboxylic acids is 2. The van der Waals surface area contributed by atoms with Gasteiger partial charge >= 0.3 is 11.9 Å². The summed E-state index contributed by atoms with van der Waals surface area (Å²) in [5, 5.41) is 47.6. The number of aliphatic hydroxyl groups excluding tert-OH is 2. The molecule has 46 heavy (non-hydrogen) atoms. The lowest BCUT2D eigenvalue weighted by atomic mass is 10.1. The topological polar surface area (TPSA) is 158 Å². The Morgan fingerprint density at radius 2 is 1.00 bits per heavy atom. The van der Waals surface area contributed by atoms with Gasteiger partial charge in [0.05, 0.1) is 12.2 Å². The Hall–Kier alpha value is -5.00. The van der Waals surface area contributed by atoms with Crippen LogP contribution < -0.4 is 20.1 Å². The van der Waals surface area contributed by atoms with Crippen LogP contribution in [0.15, 0.2) is 109 Å². The lowest BCUT2D eigenvalue weighted by molar-refractivity contribution is -0.131. The molecule has 6 N–H and O–H groups in total. The van der Waals surface area contributed by atoms with E-state index in [9.17, 15) is 30.0 Å². The van der Waals surface area contributed by atoms with Crippen molar-refractivity contribution in [1.82, 2.24) is 10.6 Å². The van der Waals surface area contributed by atoms with Crippen LogP contribution in [0.1, 0.15) is 34.5 Å². The van der Waals surface area contributed by atoms with Crippen LogP contribution in [0.3, 0.4) is 0 Å². The number of aliphatic hydroxyl groups is 2. The normalized spacial score (nSPS) is 12.5. The van der Waals surface area contributed by atoms with Crippen molar-refractivity contribution in [3.8, 4) is 23.0 Å². The van der Waals surface area contributed by atoms with Crippen molar-refractivity contribution in [2.45, 2.75) is 25.0 Å². The molecule has 10 nitrogen and oxygen atoms in total. The van der Waals surface area contributed by atoms with E-state index in [0.29, 0.717) is 24.2 Å². The molecule has 0 aliphatic carbocycles. The van der Waals surface area contributed by atoms with Gasteiger partial charge in [0, 0.05) is 37.4 Å². The molecule has 0 fully saturated rings. The van der Waals surface area contributed by atoms with Gasteiger partial charge in [-0.25, -0.2) is 9.59 Å². The number of ether oxygens (including phenoxy) is 2. The second kappa shape index (κ2) is 17.5. The highest BCUT2D eigenvalue weighted by molar-refractivity contribution is 5.93. The van der Waals surface area contributed by atoms with E-state index in [1.807, 2.05) is 60.7 Å². The third kappa shape index (κ3) is 11.5. The van der Waals surface area contributed by atoms with Crippen molar-refractivity contribution in [1.29, 1.82) is 0 Å². The third-order valence-electron chi connectivity index (χ3n) is 6.93. The quantitative estimate of drug-likeness (QED) is 0.0467. The number of carbonyl (C=O) groups is 2. The molecular weight excluding hydrogens is 588 g/mol. The second-order valence-corrected chi connectivity index (χ2v) is 10.6. The first-order valence-corrected chi connectivity index (χ1v) is 14.9. The van der Waals surface area contributed by atoms with Gasteiger partial charge in [-0.05, 0) is 72.5 Å². The van der Waals surface area contributed by atoms with E-state index in [1.54, 1.807) is 0 Å². The van der Waals surface area contributed by atoms with Crippen molar-refractivity contribution in [3.05, 3.63) is 131 Å². The molecule has 4 aromatic rings. The van der Waals surface area contributed by atoms with Crippen molar-refractivity contribution in [2.75, 3.05) is 26.2 Å². The van der Waals surface area contributed by atoms with Gasteiger partial charge in [0.1, 0.15) is 23.0 Å². The first-order chi connectivity index (χ1) is 22.2. The molecule has 0 aromatic heterocycles. The SMILES string of the molecule is O=C(/C=C/C(=O)Oc1cc(O)cc([C@H](O)CNCCc2ccccc2)c1)Oc1cc(O)cc([C@H](O)CNCCc2ccccc2)c1. The monoisotopic (exact) mass is 626 g/mol. The molecule has 0 heterocycles. The second-order valence-electron chi connectivity index (χ2n) is 10.6. The molecular formula is C36H38N2O8. The van der Waals surface area contributed by atoms with Gasteiger partial charge in [0.25, 0.3) is 0 Å². The lowest BCUT2D eigenvalue weighted by Crippen LogP contribution is -2.23. The van der Waals surface area contributed by atoms with E-state index in [2.05, 4.69) is 10.6 Å². The number of phenols is 2. The molecule has 0 bridgehead atoms. The molecule has 0 unspecified atom stereocenters. The molecule has 0 saturated heterocycles. The maximum Gasteiger partial charge on any atom is 0.336 e. The molecule has 0 amide bonds. The molecule has 4 rings (SSSR count). The molecule has 2 atom stereocenters. The van der Waals surface area contributed by atoms with E-state index >= 15 is 0 Å². The minimum absolute atomic E-state index is 0.0228. The average Bonchev–Trinajstić information content (AvgIpc) is 3.04. The smallest absolute Gasteiger partial charge is 0.336 e. The van der Waals surface area contributed by atoms with E-state index in [-0.39, 0.29) is 36.1 Å². The predicted molar refractivity (Wildman–Crippen MR) is 173 cm³/mol. The Balaban J connectivity index is 1.24. The molecule has 0 radical (unpaired) electrons. The van der Waals surface area contributed by atoms with Crippen molar-refractivity contribution in [2.24, 2.45) is 0 Å². The molecule has 0 saturated carbocycles. The number of aromatic hydroxyl groups is 2. The van der Waals surface area contributed by atoms with Gasteiger partial charge in [-0.1, -0.05) is 60.7 Å². The van der Waals surface area contributed by atoms with E-state index in [0.717, 1.165) is 36.1 Å². The first-order valence-electron chi connectivity index (χ1n) is 14.9. The van der Waals surface area contributed by atoms with Crippen LogP contribution in [-0.2, 0) is 22.4 Å². The number of hydrogen-bond donors (Lipinski definition) is 6. The third-order valence-corrected chi connectivity index (χ3v) is 6.93. The molecule has 4 aromatic carbocycles. The number of benzene rings is 4. The molecule has 0 aliphatic rings. The zero-order valence-electron chi connectivity index (χ0n) is 25.2.